The summed E-state index contributed by atoms with van der Waals surface area (Å²) in [5.41, 5.74) is 6.73. The molecule has 0 radical (unpaired) electrons. The first kappa shape index (κ1) is 8.77. The highest BCUT2D eigenvalue weighted by molar-refractivity contribution is 14.1. The minimum Gasteiger partial charge on any atom is -0.397 e. The van der Waals surface area contributed by atoms with Crippen LogP contribution in [0.25, 0.3) is 10.1 Å². The van der Waals surface area contributed by atoms with Gasteiger partial charge in [0.15, 0.2) is 0 Å². The standard InChI is InChI=1S/C8H5BrINS/c9-5-1-2-6-4(8(5)11)3-7(10)12-6/h1-3H,11H2. The number of nitrogen functional groups attached to an aromatic ring is 1. The molecule has 1 aromatic carbocycles. The van der Waals surface area contributed by atoms with Gasteiger partial charge in [0, 0.05) is 14.6 Å². The van der Waals surface area contributed by atoms with E-state index in [-0.39, 0.29) is 0 Å². The largest absolute Gasteiger partial charge is 0.397 e. The number of anilines is 1. The average Bonchev–Trinajstić information content (AvgIpc) is 2.39. The first-order valence-corrected chi connectivity index (χ1v) is 6.00. The summed E-state index contributed by atoms with van der Waals surface area (Å²) in [7, 11) is 0. The molecule has 0 saturated carbocycles. The van der Waals surface area contributed by atoms with Gasteiger partial charge < -0.3 is 5.73 Å². The number of nitrogens with two attached hydrogens (primary N) is 1. The van der Waals surface area contributed by atoms with E-state index in [1.165, 1.54) is 7.58 Å². The lowest BCUT2D eigenvalue weighted by Gasteiger charge is -1.97. The zero-order chi connectivity index (χ0) is 8.72. The van der Waals surface area contributed by atoms with Crippen LogP contribution in [-0.2, 0) is 0 Å². The molecule has 0 saturated heterocycles. The molecule has 0 fully saturated rings. The van der Waals surface area contributed by atoms with E-state index in [1.54, 1.807) is 11.3 Å². The third kappa shape index (κ3) is 1.36. The molecule has 2 aromatic rings. The van der Waals surface area contributed by atoms with Crippen molar-refractivity contribution in [3.63, 3.8) is 0 Å². The summed E-state index contributed by atoms with van der Waals surface area (Å²) in [5, 5.41) is 1.15. The van der Waals surface area contributed by atoms with Crippen molar-refractivity contribution in [2.24, 2.45) is 0 Å². The van der Waals surface area contributed by atoms with Gasteiger partial charge in [0.05, 0.1) is 8.57 Å². The molecule has 2 N–H and O–H groups in total. The Hall–Kier alpha value is 0.190. The fourth-order valence-corrected chi connectivity index (χ4v) is 3.25. The summed E-state index contributed by atoms with van der Waals surface area (Å²) in [4.78, 5) is 0. The van der Waals surface area contributed by atoms with Crippen LogP contribution in [0.4, 0.5) is 5.69 Å². The second-order valence-corrected chi connectivity index (χ2v) is 6.26. The van der Waals surface area contributed by atoms with E-state index in [0.717, 1.165) is 15.5 Å². The van der Waals surface area contributed by atoms with E-state index >= 15 is 0 Å². The third-order valence-electron chi connectivity index (χ3n) is 1.66. The summed E-state index contributed by atoms with van der Waals surface area (Å²) in [6.45, 7) is 0. The van der Waals surface area contributed by atoms with Crippen molar-refractivity contribution in [2.45, 2.75) is 0 Å². The maximum Gasteiger partial charge on any atom is 0.0666 e. The van der Waals surface area contributed by atoms with Crippen molar-refractivity contribution in [3.8, 4) is 0 Å². The van der Waals surface area contributed by atoms with Gasteiger partial charge in [0.2, 0.25) is 0 Å². The zero-order valence-electron chi connectivity index (χ0n) is 5.97. The first-order chi connectivity index (χ1) is 5.68. The molecule has 0 aliphatic heterocycles. The van der Waals surface area contributed by atoms with Crippen LogP contribution >= 0.6 is 49.9 Å². The normalized spacial score (nSPS) is 10.8. The fraction of sp³-hybridized carbons (Fsp3) is 0. The van der Waals surface area contributed by atoms with E-state index < -0.39 is 0 Å². The molecule has 0 aliphatic rings. The molecule has 62 valence electrons. The Morgan fingerprint density at radius 1 is 1.42 bits per heavy atom. The highest BCUT2D eigenvalue weighted by Gasteiger charge is 2.04. The summed E-state index contributed by atoms with van der Waals surface area (Å²) in [5.74, 6) is 0. The highest BCUT2D eigenvalue weighted by atomic mass is 127. The smallest absolute Gasteiger partial charge is 0.0666 e. The van der Waals surface area contributed by atoms with Crippen LogP contribution < -0.4 is 5.73 Å². The molecular weight excluding hydrogens is 349 g/mol. The van der Waals surface area contributed by atoms with Crippen LogP contribution in [0.2, 0.25) is 0 Å². The first-order valence-electron chi connectivity index (χ1n) is 3.31. The fourth-order valence-electron chi connectivity index (χ4n) is 1.08. The van der Waals surface area contributed by atoms with Crippen LogP contribution in [0, 0.1) is 2.88 Å². The van der Waals surface area contributed by atoms with Crippen molar-refractivity contribution < 1.29 is 0 Å². The predicted molar refractivity (Wildman–Crippen MR) is 66.7 cm³/mol. The monoisotopic (exact) mass is 353 g/mol. The zero-order valence-corrected chi connectivity index (χ0v) is 10.5. The SMILES string of the molecule is Nc1c(Br)ccc2sc(I)cc12. The van der Waals surface area contributed by atoms with Gasteiger partial charge in [-0.15, -0.1) is 11.3 Å². The lowest BCUT2D eigenvalue weighted by molar-refractivity contribution is 1.73. The van der Waals surface area contributed by atoms with Crippen molar-refractivity contribution >= 4 is 65.6 Å². The molecule has 1 heterocycles. The topological polar surface area (TPSA) is 26.0 Å². The van der Waals surface area contributed by atoms with Gasteiger partial charge in [-0.3, -0.25) is 0 Å². The van der Waals surface area contributed by atoms with Crippen molar-refractivity contribution in [1.29, 1.82) is 0 Å². The Labute approximate surface area is 96.2 Å². The van der Waals surface area contributed by atoms with Gasteiger partial charge in [-0.1, -0.05) is 0 Å². The van der Waals surface area contributed by atoms with Crippen LogP contribution in [-0.4, -0.2) is 0 Å². The van der Waals surface area contributed by atoms with Gasteiger partial charge in [-0.25, -0.2) is 0 Å². The molecule has 0 bridgehead atoms. The van der Waals surface area contributed by atoms with E-state index in [4.69, 9.17) is 5.73 Å². The number of rotatable bonds is 0. The molecule has 12 heavy (non-hydrogen) atoms. The molecule has 0 spiro atoms. The van der Waals surface area contributed by atoms with Crippen LogP contribution in [0.15, 0.2) is 22.7 Å². The molecular formula is C8H5BrINS. The molecule has 2 rings (SSSR count). The number of fused-ring (bicyclic) bond motifs is 1. The number of halogens is 2. The number of thiophene rings is 1. The van der Waals surface area contributed by atoms with E-state index in [2.05, 4.69) is 50.7 Å². The maximum atomic E-state index is 5.89. The molecule has 1 nitrogen and oxygen atoms in total. The van der Waals surface area contributed by atoms with Gasteiger partial charge in [-0.2, -0.15) is 0 Å². The molecule has 0 amide bonds. The predicted octanol–water partition coefficient (Wildman–Crippen LogP) is 3.85. The number of hydrogen-bond acceptors (Lipinski definition) is 2. The molecule has 0 aliphatic carbocycles. The minimum atomic E-state index is 0.840. The molecule has 4 heteroatoms. The molecule has 0 unspecified atom stereocenters. The summed E-state index contributed by atoms with van der Waals surface area (Å²) in [6, 6.07) is 6.19. The minimum absolute atomic E-state index is 0.840. The molecule has 0 atom stereocenters. The van der Waals surface area contributed by atoms with Crippen LogP contribution in [0.5, 0.6) is 0 Å². The van der Waals surface area contributed by atoms with Gasteiger partial charge in [0.25, 0.3) is 0 Å². The quantitative estimate of drug-likeness (QED) is 0.565. The lowest BCUT2D eigenvalue weighted by Crippen LogP contribution is -1.85. The third-order valence-corrected chi connectivity index (χ3v) is 4.21. The number of benzene rings is 1. The van der Waals surface area contributed by atoms with Crippen LogP contribution in [0.3, 0.4) is 0 Å². The second kappa shape index (κ2) is 3.16. The van der Waals surface area contributed by atoms with Crippen molar-refractivity contribution in [1.82, 2.24) is 0 Å². The number of hydrogen-bond donors (Lipinski definition) is 1. The Morgan fingerprint density at radius 2 is 2.17 bits per heavy atom. The second-order valence-electron chi connectivity index (χ2n) is 2.42. The average molecular weight is 354 g/mol. The van der Waals surface area contributed by atoms with E-state index in [9.17, 15) is 0 Å². The maximum absolute atomic E-state index is 5.89. The summed E-state index contributed by atoms with van der Waals surface area (Å²) < 4.78 is 3.50. The van der Waals surface area contributed by atoms with Crippen molar-refractivity contribution in [3.05, 3.63) is 25.6 Å². The van der Waals surface area contributed by atoms with Crippen molar-refractivity contribution in [2.75, 3.05) is 5.73 Å². The Balaban J connectivity index is 2.89. The highest BCUT2D eigenvalue weighted by Crippen LogP contribution is 2.34. The van der Waals surface area contributed by atoms with E-state index in [1.807, 2.05) is 6.07 Å². The Kier molecular flexibility index (Phi) is 2.31. The summed E-state index contributed by atoms with van der Waals surface area (Å²) in [6.07, 6.45) is 0. The van der Waals surface area contributed by atoms with Crippen LogP contribution in [0.1, 0.15) is 0 Å². The lowest BCUT2D eigenvalue weighted by atomic mass is 10.2. The molecule has 1 aromatic heterocycles. The van der Waals surface area contributed by atoms with Gasteiger partial charge in [-0.05, 0) is 56.7 Å². The Morgan fingerprint density at radius 3 is 2.92 bits per heavy atom. The van der Waals surface area contributed by atoms with Gasteiger partial charge in [0.1, 0.15) is 0 Å². The Bertz CT molecular complexity index is 438. The van der Waals surface area contributed by atoms with E-state index in [0.29, 0.717) is 0 Å². The van der Waals surface area contributed by atoms with Gasteiger partial charge >= 0.3 is 0 Å². The summed E-state index contributed by atoms with van der Waals surface area (Å²) >= 11 is 7.47.